The normalized spacial score (nSPS) is 11.1. The number of hydrogen-bond acceptors (Lipinski definition) is 3. The van der Waals surface area contributed by atoms with E-state index in [4.69, 9.17) is 0 Å². The molecule has 0 spiro atoms. The van der Waals surface area contributed by atoms with Crippen LogP contribution in [0.4, 0.5) is 0 Å². The van der Waals surface area contributed by atoms with Gasteiger partial charge in [0.25, 0.3) is 0 Å². The number of carbonyl (C=O) groups is 1. The number of alkyl halides is 1. The summed E-state index contributed by atoms with van der Waals surface area (Å²) in [6, 6.07) is 8.08. The molecule has 0 atom stereocenters. The van der Waals surface area contributed by atoms with E-state index in [1.54, 1.807) is 18.2 Å². The van der Waals surface area contributed by atoms with Crippen molar-refractivity contribution in [1.29, 1.82) is 0 Å². The number of rotatable bonds is 6. The number of carbonyl (C=O) groups excluding carboxylic acids is 1. The molecule has 1 aromatic rings. The molecule has 0 fully saturated rings. The molecule has 0 unspecified atom stereocenters. The lowest BCUT2D eigenvalue weighted by atomic mass is 10.4. The Kier molecular flexibility index (Phi) is 5.60. The highest BCUT2D eigenvalue weighted by atomic mass is 79.9. The molecule has 0 saturated heterocycles. The Morgan fingerprint density at radius 2 is 1.82 bits per heavy atom. The number of amides is 1. The number of nitrogens with one attached hydrogen (secondary N) is 2. The van der Waals surface area contributed by atoms with Gasteiger partial charge in [-0.2, -0.15) is 0 Å². The first kappa shape index (κ1) is 14.1. The highest BCUT2D eigenvalue weighted by molar-refractivity contribution is 9.09. The van der Waals surface area contributed by atoms with Gasteiger partial charge in [0.05, 0.1) is 10.2 Å². The van der Waals surface area contributed by atoms with Crippen LogP contribution >= 0.6 is 15.9 Å². The fourth-order valence-corrected chi connectivity index (χ4v) is 2.37. The second-order valence-electron chi connectivity index (χ2n) is 3.19. The maximum atomic E-state index is 11.7. The van der Waals surface area contributed by atoms with Gasteiger partial charge in [0.2, 0.25) is 15.9 Å². The lowest BCUT2D eigenvalue weighted by molar-refractivity contribution is -0.118. The third kappa shape index (κ3) is 4.84. The molecule has 94 valence electrons. The molecule has 17 heavy (non-hydrogen) atoms. The number of sulfonamides is 1. The molecule has 0 aliphatic carbocycles. The molecule has 1 aromatic carbocycles. The summed E-state index contributed by atoms with van der Waals surface area (Å²) >= 11 is 2.99. The minimum atomic E-state index is -3.48. The van der Waals surface area contributed by atoms with Gasteiger partial charge in [-0.05, 0) is 12.1 Å². The Morgan fingerprint density at radius 1 is 1.18 bits per heavy atom. The van der Waals surface area contributed by atoms with E-state index in [0.29, 0.717) is 0 Å². The highest BCUT2D eigenvalue weighted by Crippen LogP contribution is 2.06. The van der Waals surface area contributed by atoms with Crippen molar-refractivity contribution in [1.82, 2.24) is 10.0 Å². The Balaban J connectivity index is 2.44. The summed E-state index contributed by atoms with van der Waals surface area (Å²) in [5, 5.41) is 2.75. The van der Waals surface area contributed by atoms with Crippen molar-refractivity contribution >= 4 is 31.9 Å². The molecule has 0 heterocycles. The number of benzene rings is 1. The predicted octanol–water partition coefficient (Wildman–Crippen LogP) is 0.476. The first-order chi connectivity index (χ1) is 8.06. The maximum Gasteiger partial charge on any atom is 0.240 e. The third-order valence-corrected chi connectivity index (χ3v) is 3.90. The zero-order valence-electron chi connectivity index (χ0n) is 9.02. The highest BCUT2D eigenvalue weighted by Gasteiger charge is 2.11. The summed E-state index contributed by atoms with van der Waals surface area (Å²) in [5.41, 5.74) is 0. The molecule has 1 rings (SSSR count). The average molecular weight is 321 g/mol. The average Bonchev–Trinajstić information content (AvgIpc) is 2.35. The predicted molar refractivity (Wildman–Crippen MR) is 68.4 cm³/mol. The molecule has 0 aliphatic heterocycles. The summed E-state index contributed by atoms with van der Waals surface area (Å²) in [4.78, 5) is 11.1. The molecule has 5 nitrogen and oxygen atoms in total. The lowest BCUT2D eigenvalue weighted by Crippen LogP contribution is -2.35. The molecule has 1 amide bonds. The van der Waals surface area contributed by atoms with Crippen molar-refractivity contribution in [2.45, 2.75) is 4.90 Å². The minimum Gasteiger partial charge on any atom is -0.354 e. The summed E-state index contributed by atoms with van der Waals surface area (Å²) < 4.78 is 25.8. The van der Waals surface area contributed by atoms with Crippen LogP contribution in [0.5, 0.6) is 0 Å². The van der Waals surface area contributed by atoms with Gasteiger partial charge in [-0.3, -0.25) is 4.79 Å². The zero-order valence-corrected chi connectivity index (χ0v) is 11.4. The Labute approximate surface area is 109 Å². The standard InChI is InChI=1S/C10H13BrN2O3S/c11-8-10(14)12-6-7-13-17(15,16)9-4-2-1-3-5-9/h1-5,13H,6-8H2,(H,12,14). The molecule has 0 bridgehead atoms. The third-order valence-electron chi connectivity index (χ3n) is 1.91. The van der Waals surface area contributed by atoms with Crippen LogP contribution in [0.15, 0.2) is 35.2 Å². The van der Waals surface area contributed by atoms with Gasteiger partial charge in [0.15, 0.2) is 0 Å². The smallest absolute Gasteiger partial charge is 0.240 e. The summed E-state index contributed by atoms with van der Waals surface area (Å²) in [6.45, 7) is 0.423. The van der Waals surface area contributed by atoms with Crippen LogP contribution in [0.1, 0.15) is 0 Å². The van der Waals surface area contributed by atoms with E-state index in [-0.39, 0.29) is 29.2 Å². The maximum absolute atomic E-state index is 11.7. The van der Waals surface area contributed by atoms with Crippen LogP contribution in [0, 0.1) is 0 Å². The topological polar surface area (TPSA) is 75.3 Å². The summed E-state index contributed by atoms with van der Waals surface area (Å²) in [5.74, 6) is -0.177. The fraction of sp³-hybridized carbons (Fsp3) is 0.300. The summed E-state index contributed by atoms with van der Waals surface area (Å²) in [6.07, 6.45) is 0. The van der Waals surface area contributed by atoms with E-state index in [9.17, 15) is 13.2 Å². The largest absolute Gasteiger partial charge is 0.354 e. The number of hydrogen-bond donors (Lipinski definition) is 2. The van der Waals surface area contributed by atoms with Gasteiger partial charge in [-0.25, -0.2) is 13.1 Å². The van der Waals surface area contributed by atoms with E-state index < -0.39 is 10.0 Å². The molecule has 2 N–H and O–H groups in total. The van der Waals surface area contributed by atoms with Crippen molar-refractivity contribution in [3.63, 3.8) is 0 Å². The monoisotopic (exact) mass is 320 g/mol. The Bertz CT molecular complexity index is 462. The zero-order chi connectivity index (χ0) is 12.7. The van der Waals surface area contributed by atoms with Crippen LogP contribution < -0.4 is 10.0 Å². The van der Waals surface area contributed by atoms with Crippen LogP contribution in [0.2, 0.25) is 0 Å². The van der Waals surface area contributed by atoms with Gasteiger partial charge in [0, 0.05) is 13.1 Å². The van der Waals surface area contributed by atoms with Crippen LogP contribution in [0.25, 0.3) is 0 Å². The number of halogens is 1. The van der Waals surface area contributed by atoms with E-state index in [1.807, 2.05) is 0 Å². The van der Waals surface area contributed by atoms with Gasteiger partial charge < -0.3 is 5.32 Å². The van der Waals surface area contributed by atoms with E-state index in [0.717, 1.165) is 0 Å². The molecular weight excluding hydrogens is 308 g/mol. The fourth-order valence-electron chi connectivity index (χ4n) is 1.12. The minimum absolute atomic E-state index is 0.163. The first-order valence-corrected chi connectivity index (χ1v) is 7.54. The Morgan fingerprint density at radius 3 is 2.41 bits per heavy atom. The quantitative estimate of drug-likeness (QED) is 0.591. The van der Waals surface area contributed by atoms with Crippen LogP contribution in [0.3, 0.4) is 0 Å². The van der Waals surface area contributed by atoms with E-state index in [1.165, 1.54) is 12.1 Å². The second kappa shape index (κ2) is 6.73. The van der Waals surface area contributed by atoms with Crippen molar-refractivity contribution < 1.29 is 13.2 Å². The van der Waals surface area contributed by atoms with Crippen LogP contribution in [-0.4, -0.2) is 32.7 Å². The second-order valence-corrected chi connectivity index (χ2v) is 5.52. The molecule has 0 aromatic heterocycles. The van der Waals surface area contributed by atoms with Crippen LogP contribution in [-0.2, 0) is 14.8 Å². The van der Waals surface area contributed by atoms with Gasteiger partial charge >= 0.3 is 0 Å². The molecule has 0 aliphatic rings. The van der Waals surface area contributed by atoms with E-state index >= 15 is 0 Å². The van der Waals surface area contributed by atoms with Crippen molar-refractivity contribution in [2.75, 3.05) is 18.4 Å². The van der Waals surface area contributed by atoms with E-state index in [2.05, 4.69) is 26.0 Å². The molecular formula is C10H13BrN2O3S. The lowest BCUT2D eigenvalue weighted by Gasteiger charge is -2.07. The van der Waals surface area contributed by atoms with Gasteiger partial charge in [0.1, 0.15) is 0 Å². The molecule has 0 saturated carbocycles. The van der Waals surface area contributed by atoms with Crippen molar-refractivity contribution in [2.24, 2.45) is 0 Å². The Hall–Kier alpha value is -0.920. The molecule has 0 radical (unpaired) electrons. The summed E-state index contributed by atoms with van der Waals surface area (Å²) in [7, 11) is -3.48. The van der Waals surface area contributed by atoms with Gasteiger partial charge in [-0.1, -0.05) is 34.1 Å². The first-order valence-electron chi connectivity index (χ1n) is 4.93. The SMILES string of the molecule is O=C(CBr)NCCNS(=O)(=O)c1ccccc1. The molecule has 7 heteroatoms. The van der Waals surface area contributed by atoms with Crippen molar-refractivity contribution in [3.05, 3.63) is 30.3 Å². The van der Waals surface area contributed by atoms with Crippen molar-refractivity contribution in [3.8, 4) is 0 Å². The van der Waals surface area contributed by atoms with Gasteiger partial charge in [-0.15, -0.1) is 0 Å².